The van der Waals surface area contributed by atoms with E-state index in [2.05, 4.69) is 4.90 Å². The fraction of sp³-hybridized carbons (Fsp3) is 0.588. The van der Waals surface area contributed by atoms with Crippen molar-refractivity contribution in [1.29, 1.82) is 0 Å². The van der Waals surface area contributed by atoms with Crippen LogP contribution in [0.2, 0.25) is 0 Å². The highest BCUT2D eigenvalue weighted by Gasteiger charge is 2.20. The average molecular weight is 325 g/mol. The molecule has 1 N–H and O–H groups in total. The van der Waals surface area contributed by atoms with Gasteiger partial charge >= 0.3 is 5.97 Å². The number of alkyl halides is 1. The van der Waals surface area contributed by atoms with Crippen LogP contribution in [0.15, 0.2) is 18.2 Å². The molecule has 5 nitrogen and oxygen atoms in total. The molecule has 1 fully saturated rings. The predicted octanol–water partition coefficient (Wildman–Crippen LogP) is 2.87. The molecule has 0 aliphatic carbocycles. The molecular formula is C17H24FNO4. The molecule has 1 saturated heterocycles. The Morgan fingerprint density at radius 2 is 2.09 bits per heavy atom. The van der Waals surface area contributed by atoms with Crippen molar-refractivity contribution in [1.82, 2.24) is 4.90 Å². The van der Waals surface area contributed by atoms with Crippen molar-refractivity contribution in [2.45, 2.75) is 45.5 Å². The van der Waals surface area contributed by atoms with Crippen LogP contribution in [0.5, 0.6) is 11.5 Å². The summed E-state index contributed by atoms with van der Waals surface area (Å²) in [5.74, 6) is -0.0583. The normalized spacial score (nSPS) is 17.7. The standard InChI is InChI=1S/C17H24FNO4/c1-3-22-16-10-13(11-19-8-6-14(18)7-9-19)4-5-15(16)23-12(2)17(20)21/h4-5,10,12,14H,3,6-9,11H2,1-2H3,(H,20,21)/t12-/m0/s1. The third-order valence-corrected chi connectivity index (χ3v) is 3.88. The van der Waals surface area contributed by atoms with Gasteiger partial charge in [0.2, 0.25) is 0 Å². The summed E-state index contributed by atoms with van der Waals surface area (Å²) in [6, 6.07) is 5.50. The van der Waals surface area contributed by atoms with Crippen molar-refractivity contribution in [2.24, 2.45) is 0 Å². The van der Waals surface area contributed by atoms with Crippen molar-refractivity contribution in [3.05, 3.63) is 23.8 Å². The van der Waals surface area contributed by atoms with Crippen molar-refractivity contribution in [3.8, 4) is 11.5 Å². The Hall–Kier alpha value is -1.82. The van der Waals surface area contributed by atoms with Crippen molar-refractivity contribution in [3.63, 3.8) is 0 Å². The highest BCUT2D eigenvalue weighted by Crippen LogP contribution is 2.30. The number of carboxylic acids is 1. The summed E-state index contributed by atoms with van der Waals surface area (Å²) in [5.41, 5.74) is 1.04. The Balaban J connectivity index is 2.07. The quantitative estimate of drug-likeness (QED) is 0.835. The lowest BCUT2D eigenvalue weighted by molar-refractivity contribution is -0.144. The lowest BCUT2D eigenvalue weighted by Crippen LogP contribution is -2.33. The minimum Gasteiger partial charge on any atom is -0.490 e. The molecule has 1 heterocycles. The molecule has 128 valence electrons. The number of halogens is 1. The van der Waals surface area contributed by atoms with Gasteiger partial charge in [-0.15, -0.1) is 0 Å². The van der Waals surface area contributed by atoms with E-state index in [0.717, 1.165) is 25.2 Å². The van der Waals surface area contributed by atoms with Gasteiger partial charge < -0.3 is 14.6 Å². The molecule has 1 aromatic rings. The molecule has 2 rings (SSSR count). The Morgan fingerprint density at radius 1 is 1.39 bits per heavy atom. The summed E-state index contributed by atoms with van der Waals surface area (Å²) in [7, 11) is 0. The van der Waals surface area contributed by atoms with Crippen molar-refractivity contribution in [2.75, 3.05) is 19.7 Å². The molecule has 1 aromatic carbocycles. The highest BCUT2D eigenvalue weighted by molar-refractivity contribution is 5.72. The monoisotopic (exact) mass is 325 g/mol. The van der Waals surface area contributed by atoms with Crippen LogP contribution < -0.4 is 9.47 Å². The van der Waals surface area contributed by atoms with Gasteiger partial charge in [0.05, 0.1) is 6.61 Å². The molecule has 6 heteroatoms. The average Bonchev–Trinajstić information content (AvgIpc) is 2.52. The van der Waals surface area contributed by atoms with Gasteiger partial charge in [0.1, 0.15) is 6.17 Å². The predicted molar refractivity (Wildman–Crippen MR) is 84.7 cm³/mol. The molecule has 1 aliphatic rings. The first-order valence-corrected chi connectivity index (χ1v) is 8.01. The fourth-order valence-electron chi connectivity index (χ4n) is 2.58. The number of carbonyl (C=O) groups is 1. The van der Waals surface area contributed by atoms with E-state index in [9.17, 15) is 9.18 Å². The smallest absolute Gasteiger partial charge is 0.344 e. The maximum atomic E-state index is 13.2. The van der Waals surface area contributed by atoms with Crippen LogP contribution in [-0.4, -0.2) is 47.9 Å². The van der Waals surface area contributed by atoms with E-state index in [0.29, 0.717) is 30.9 Å². The maximum absolute atomic E-state index is 13.2. The number of hydrogen-bond acceptors (Lipinski definition) is 4. The van der Waals surface area contributed by atoms with E-state index < -0.39 is 18.2 Å². The molecule has 0 unspecified atom stereocenters. The maximum Gasteiger partial charge on any atom is 0.344 e. The number of benzene rings is 1. The first kappa shape index (κ1) is 17.5. The zero-order valence-electron chi connectivity index (χ0n) is 13.6. The molecule has 0 bridgehead atoms. The van der Waals surface area contributed by atoms with E-state index in [-0.39, 0.29) is 0 Å². The van der Waals surface area contributed by atoms with Crippen LogP contribution in [-0.2, 0) is 11.3 Å². The van der Waals surface area contributed by atoms with Crippen LogP contribution in [0, 0.1) is 0 Å². The molecule has 1 aliphatic heterocycles. The van der Waals surface area contributed by atoms with E-state index in [1.807, 2.05) is 19.1 Å². The number of hydrogen-bond donors (Lipinski definition) is 1. The summed E-state index contributed by atoms with van der Waals surface area (Å²) in [6.45, 7) is 6.03. The highest BCUT2D eigenvalue weighted by atomic mass is 19.1. The minimum absolute atomic E-state index is 0.424. The second-order valence-electron chi connectivity index (χ2n) is 5.76. The number of aliphatic carboxylic acids is 1. The van der Waals surface area contributed by atoms with Crippen molar-refractivity contribution >= 4 is 5.97 Å². The van der Waals surface area contributed by atoms with Gasteiger partial charge in [0.25, 0.3) is 0 Å². The molecule has 0 saturated carbocycles. The minimum atomic E-state index is -1.02. The fourth-order valence-corrected chi connectivity index (χ4v) is 2.58. The largest absolute Gasteiger partial charge is 0.490 e. The molecule has 23 heavy (non-hydrogen) atoms. The molecular weight excluding hydrogens is 301 g/mol. The van der Waals surface area contributed by atoms with Gasteiger partial charge in [-0.2, -0.15) is 0 Å². The summed E-state index contributed by atoms with van der Waals surface area (Å²) in [6.07, 6.45) is -0.465. The Morgan fingerprint density at radius 3 is 2.70 bits per heavy atom. The van der Waals surface area contributed by atoms with Crippen LogP contribution in [0.25, 0.3) is 0 Å². The summed E-state index contributed by atoms with van der Waals surface area (Å²) in [5, 5.41) is 8.95. The number of ether oxygens (including phenoxy) is 2. The number of carboxylic acid groups (broad SMARTS) is 1. The van der Waals surface area contributed by atoms with E-state index in [1.165, 1.54) is 6.92 Å². The molecule has 0 aromatic heterocycles. The number of rotatable bonds is 7. The van der Waals surface area contributed by atoms with E-state index >= 15 is 0 Å². The SMILES string of the molecule is CCOc1cc(CN2CCC(F)CC2)ccc1O[C@@H](C)C(=O)O. The van der Waals surface area contributed by atoms with Crippen molar-refractivity contribution < 1.29 is 23.8 Å². The zero-order valence-corrected chi connectivity index (χ0v) is 13.6. The van der Waals surface area contributed by atoms with Gasteiger partial charge in [-0.1, -0.05) is 6.07 Å². The molecule has 0 spiro atoms. The molecule has 1 atom stereocenters. The van der Waals surface area contributed by atoms with Gasteiger partial charge in [0, 0.05) is 19.6 Å². The lowest BCUT2D eigenvalue weighted by atomic mass is 10.1. The summed E-state index contributed by atoms with van der Waals surface area (Å²) in [4.78, 5) is 13.1. The van der Waals surface area contributed by atoms with Crippen LogP contribution >= 0.6 is 0 Å². The van der Waals surface area contributed by atoms with Crippen LogP contribution in [0.1, 0.15) is 32.3 Å². The van der Waals surface area contributed by atoms with Gasteiger partial charge in [-0.05, 0) is 44.4 Å². The first-order valence-electron chi connectivity index (χ1n) is 8.01. The second-order valence-corrected chi connectivity index (χ2v) is 5.76. The first-order chi connectivity index (χ1) is 11.0. The summed E-state index contributed by atoms with van der Waals surface area (Å²) >= 11 is 0. The topological polar surface area (TPSA) is 59.0 Å². The van der Waals surface area contributed by atoms with Gasteiger partial charge in [0.15, 0.2) is 17.6 Å². The Labute approximate surface area is 136 Å². The third kappa shape index (κ3) is 5.10. The molecule has 0 amide bonds. The molecule has 0 radical (unpaired) electrons. The van der Waals surface area contributed by atoms with Crippen LogP contribution in [0.3, 0.4) is 0 Å². The Kier molecular flexibility index (Phi) is 6.21. The number of likely N-dealkylation sites (tertiary alicyclic amines) is 1. The van der Waals surface area contributed by atoms with E-state index in [1.54, 1.807) is 6.07 Å². The summed E-state index contributed by atoms with van der Waals surface area (Å²) < 4.78 is 24.2. The zero-order chi connectivity index (χ0) is 16.8. The number of nitrogens with zero attached hydrogens (tertiary/aromatic N) is 1. The lowest BCUT2D eigenvalue weighted by Gasteiger charge is -2.28. The Bertz CT molecular complexity index is 529. The van der Waals surface area contributed by atoms with Crippen LogP contribution in [0.4, 0.5) is 4.39 Å². The van der Waals surface area contributed by atoms with Gasteiger partial charge in [-0.3, -0.25) is 4.90 Å². The van der Waals surface area contributed by atoms with E-state index in [4.69, 9.17) is 14.6 Å². The second kappa shape index (κ2) is 8.15. The number of piperidine rings is 1. The third-order valence-electron chi connectivity index (χ3n) is 3.88. The van der Waals surface area contributed by atoms with Gasteiger partial charge in [-0.25, -0.2) is 9.18 Å².